The molecule has 1 aromatic carbocycles. The van der Waals surface area contributed by atoms with Gasteiger partial charge >= 0.3 is 0 Å². The highest BCUT2D eigenvalue weighted by molar-refractivity contribution is 7.89. The number of halogens is 1. The second kappa shape index (κ2) is 7.39. The Balaban J connectivity index is 0.00000208. The largest absolute Gasteiger partial charge is 0.355 e. The molecule has 134 valence electrons. The van der Waals surface area contributed by atoms with Crippen LogP contribution in [0.1, 0.15) is 36.0 Å². The van der Waals surface area contributed by atoms with Crippen molar-refractivity contribution in [3.63, 3.8) is 0 Å². The Kier molecular flexibility index (Phi) is 5.91. The maximum atomic E-state index is 12.8. The lowest BCUT2D eigenvalue weighted by Gasteiger charge is -2.34. The summed E-state index contributed by atoms with van der Waals surface area (Å²) in [5.41, 5.74) is 0.453. The maximum Gasteiger partial charge on any atom is 0.251 e. The summed E-state index contributed by atoms with van der Waals surface area (Å²) in [6.45, 7) is 0. The summed E-state index contributed by atoms with van der Waals surface area (Å²) in [5, 5.41) is 6.05. The van der Waals surface area contributed by atoms with Crippen LogP contribution in [-0.4, -0.2) is 50.9 Å². The average molecular weight is 374 g/mol. The van der Waals surface area contributed by atoms with Crippen molar-refractivity contribution in [1.29, 1.82) is 0 Å². The van der Waals surface area contributed by atoms with Gasteiger partial charge in [0.05, 0.1) is 4.90 Å². The highest BCUT2D eigenvalue weighted by atomic mass is 35.5. The number of benzene rings is 1. The lowest BCUT2D eigenvalue weighted by molar-refractivity contribution is 0.0963. The minimum absolute atomic E-state index is 0. The second-order valence-corrected chi connectivity index (χ2v) is 8.39. The van der Waals surface area contributed by atoms with E-state index in [1.54, 1.807) is 26.2 Å². The van der Waals surface area contributed by atoms with E-state index in [1.165, 1.54) is 16.4 Å². The first-order valence-electron chi connectivity index (χ1n) is 7.98. The molecule has 2 saturated heterocycles. The Morgan fingerprint density at radius 3 is 2.21 bits per heavy atom. The van der Waals surface area contributed by atoms with Gasteiger partial charge in [0.15, 0.2) is 0 Å². The summed E-state index contributed by atoms with van der Waals surface area (Å²) in [4.78, 5) is 11.8. The molecule has 2 fully saturated rings. The quantitative estimate of drug-likeness (QED) is 0.835. The SMILES string of the molecule is CNC(=O)c1ccc(S(=O)(=O)N(C)C2CC3CCC(C2)N3)cc1.Cl. The fraction of sp³-hybridized carbons (Fsp3) is 0.562. The third kappa shape index (κ3) is 3.59. The van der Waals surface area contributed by atoms with Crippen molar-refractivity contribution in [3.8, 4) is 0 Å². The summed E-state index contributed by atoms with van der Waals surface area (Å²) >= 11 is 0. The molecule has 1 amide bonds. The minimum Gasteiger partial charge on any atom is -0.355 e. The minimum atomic E-state index is -3.53. The van der Waals surface area contributed by atoms with Crippen LogP contribution in [0, 0.1) is 0 Å². The van der Waals surface area contributed by atoms with Gasteiger partial charge in [-0.2, -0.15) is 4.31 Å². The number of carbonyl (C=O) groups excluding carboxylic acids is 1. The summed E-state index contributed by atoms with van der Waals surface area (Å²) in [6.07, 6.45) is 4.00. The average Bonchev–Trinajstić information content (AvgIpc) is 2.91. The highest BCUT2D eigenvalue weighted by Gasteiger charge is 2.38. The summed E-state index contributed by atoms with van der Waals surface area (Å²) in [6, 6.07) is 7.02. The Hall–Kier alpha value is -1.15. The molecule has 0 aliphatic carbocycles. The second-order valence-electron chi connectivity index (χ2n) is 6.39. The van der Waals surface area contributed by atoms with Crippen LogP contribution in [0.25, 0.3) is 0 Å². The van der Waals surface area contributed by atoms with E-state index in [1.807, 2.05) is 0 Å². The van der Waals surface area contributed by atoms with Crippen LogP contribution < -0.4 is 10.6 Å². The Bertz CT molecular complexity index is 681. The van der Waals surface area contributed by atoms with E-state index < -0.39 is 10.0 Å². The standard InChI is InChI=1S/C16H23N3O3S.ClH/c1-17-16(20)11-3-7-15(8-4-11)23(21,22)19(2)14-9-12-5-6-13(10-14)18-12;/h3-4,7-8,12-14,18H,5-6,9-10H2,1-2H3,(H,17,20);1H. The predicted molar refractivity (Wildman–Crippen MR) is 95.0 cm³/mol. The van der Waals surface area contributed by atoms with Crippen LogP contribution in [0.2, 0.25) is 0 Å². The zero-order valence-electron chi connectivity index (χ0n) is 13.9. The molecule has 3 rings (SSSR count). The lowest BCUT2D eigenvalue weighted by Crippen LogP contribution is -2.48. The van der Waals surface area contributed by atoms with Crippen LogP contribution in [0.3, 0.4) is 0 Å². The molecule has 0 spiro atoms. The number of hydrogen-bond acceptors (Lipinski definition) is 4. The maximum absolute atomic E-state index is 12.8. The van der Waals surface area contributed by atoms with E-state index in [2.05, 4.69) is 10.6 Å². The van der Waals surface area contributed by atoms with Crippen molar-refractivity contribution in [1.82, 2.24) is 14.9 Å². The zero-order chi connectivity index (χ0) is 16.6. The van der Waals surface area contributed by atoms with E-state index in [0.717, 1.165) is 25.7 Å². The topological polar surface area (TPSA) is 78.5 Å². The first-order chi connectivity index (χ1) is 10.9. The van der Waals surface area contributed by atoms with Crippen LogP contribution in [-0.2, 0) is 10.0 Å². The third-order valence-electron chi connectivity index (χ3n) is 4.98. The van der Waals surface area contributed by atoms with Crippen molar-refractivity contribution < 1.29 is 13.2 Å². The van der Waals surface area contributed by atoms with E-state index >= 15 is 0 Å². The van der Waals surface area contributed by atoms with Gasteiger partial charge in [-0.15, -0.1) is 12.4 Å². The van der Waals surface area contributed by atoms with Gasteiger partial charge in [-0.05, 0) is 49.9 Å². The van der Waals surface area contributed by atoms with Crippen LogP contribution in [0.5, 0.6) is 0 Å². The van der Waals surface area contributed by atoms with E-state index in [4.69, 9.17) is 0 Å². The van der Waals surface area contributed by atoms with Gasteiger partial charge in [0, 0.05) is 37.8 Å². The van der Waals surface area contributed by atoms with E-state index in [0.29, 0.717) is 17.6 Å². The van der Waals surface area contributed by atoms with Gasteiger partial charge in [-0.1, -0.05) is 0 Å². The smallest absolute Gasteiger partial charge is 0.251 e. The molecule has 2 atom stereocenters. The number of piperidine rings is 1. The molecule has 2 heterocycles. The fourth-order valence-electron chi connectivity index (χ4n) is 3.61. The molecule has 2 aliphatic heterocycles. The first kappa shape index (κ1) is 19.2. The summed E-state index contributed by atoms with van der Waals surface area (Å²) < 4.78 is 27.1. The monoisotopic (exact) mass is 373 g/mol. The van der Waals surface area contributed by atoms with Crippen molar-refractivity contribution in [3.05, 3.63) is 29.8 Å². The number of rotatable bonds is 4. The van der Waals surface area contributed by atoms with Crippen molar-refractivity contribution in [2.45, 2.75) is 48.7 Å². The van der Waals surface area contributed by atoms with Crippen LogP contribution >= 0.6 is 12.4 Å². The van der Waals surface area contributed by atoms with Crippen LogP contribution in [0.15, 0.2) is 29.2 Å². The number of sulfonamides is 1. The molecule has 0 aromatic heterocycles. The first-order valence-corrected chi connectivity index (χ1v) is 9.42. The molecule has 2 aliphatic rings. The number of amides is 1. The normalized spacial score (nSPS) is 26.0. The number of hydrogen-bond donors (Lipinski definition) is 2. The highest BCUT2D eigenvalue weighted by Crippen LogP contribution is 2.31. The molecule has 0 radical (unpaired) electrons. The van der Waals surface area contributed by atoms with Crippen molar-refractivity contribution in [2.24, 2.45) is 0 Å². The van der Waals surface area contributed by atoms with Gasteiger partial charge < -0.3 is 10.6 Å². The predicted octanol–water partition coefficient (Wildman–Crippen LogP) is 1.37. The molecule has 2 bridgehead atoms. The molecule has 1 aromatic rings. The summed E-state index contributed by atoms with van der Waals surface area (Å²) in [7, 11) is -0.321. The van der Waals surface area contributed by atoms with Gasteiger partial charge in [0.2, 0.25) is 10.0 Å². The molecular formula is C16H24ClN3O3S. The molecule has 0 saturated carbocycles. The van der Waals surface area contributed by atoms with Crippen molar-refractivity contribution >= 4 is 28.3 Å². The number of carbonyl (C=O) groups is 1. The fourth-order valence-corrected chi connectivity index (χ4v) is 4.99. The van der Waals surface area contributed by atoms with Gasteiger partial charge in [0.25, 0.3) is 5.91 Å². The van der Waals surface area contributed by atoms with Gasteiger partial charge in [-0.25, -0.2) is 8.42 Å². The Labute approximate surface area is 149 Å². The molecule has 8 heteroatoms. The molecule has 24 heavy (non-hydrogen) atoms. The van der Waals surface area contributed by atoms with Crippen molar-refractivity contribution in [2.75, 3.05) is 14.1 Å². The number of nitrogens with one attached hydrogen (secondary N) is 2. The number of fused-ring (bicyclic) bond motifs is 2. The number of nitrogens with zero attached hydrogens (tertiary/aromatic N) is 1. The molecule has 6 nitrogen and oxygen atoms in total. The Morgan fingerprint density at radius 2 is 1.71 bits per heavy atom. The third-order valence-corrected chi connectivity index (χ3v) is 6.91. The summed E-state index contributed by atoms with van der Waals surface area (Å²) in [5.74, 6) is -0.225. The lowest BCUT2D eigenvalue weighted by atomic mass is 10.0. The van der Waals surface area contributed by atoms with Gasteiger partial charge in [-0.3, -0.25) is 4.79 Å². The van der Waals surface area contributed by atoms with E-state index in [9.17, 15) is 13.2 Å². The molecular weight excluding hydrogens is 350 g/mol. The zero-order valence-corrected chi connectivity index (χ0v) is 15.5. The Morgan fingerprint density at radius 1 is 1.17 bits per heavy atom. The van der Waals surface area contributed by atoms with Gasteiger partial charge in [0.1, 0.15) is 0 Å². The molecule has 2 N–H and O–H groups in total. The van der Waals surface area contributed by atoms with Crippen LogP contribution in [0.4, 0.5) is 0 Å². The van der Waals surface area contributed by atoms with E-state index in [-0.39, 0.29) is 29.3 Å². The molecule has 2 unspecified atom stereocenters.